The van der Waals surface area contributed by atoms with Crippen LogP contribution in [0.25, 0.3) is 10.9 Å². The van der Waals surface area contributed by atoms with E-state index in [0.29, 0.717) is 0 Å². The largest absolute Gasteiger partial charge is 0.348 e. The van der Waals surface area contributed by atoms with Crippen molar-refractivity contribution in [3.8, 4) is 0 Å². The van der Waals surface area contributed by atoms with Crippen LogP contribution in [0.5, 0.6) is 0 Å². The molecule has 0 amide bonds. The standard InChI is InChI=1S/C18H27N3/c1-5-21-11-14-9-17-16(7-6-8-19-3)13(2)20(4)18(17)10-15(14)12-21/h9-10,19H,5-8,11-12H2,1-4H3. The molecule has 0 fully saturated rings. The first-order chi connectivity index (χ1) is 10.2. The molecule has 0 saturated carbocycles. The van der Waals surface area contributed by atoms with Gasteiger partial charge in [0, 0.05) is 36.7 Å². The molecule has 114 valence electrons. The van der Waals surface area contributed by atoms with Gasteiger partial charge in [0.2, 0.25) is 0 Å². The summed E-state index contributed by atoms with van der Waals surface area (Å²) in [5.41, 5.74) is 7.43. The number of fused-ring (bicyclic) bond motifs is 2. The number of aromatic nitrogens is 1. The summed E-state index contributed by atoms with van der Waals surface area (Å²) in [5.74, 6) is 0. The molecule has 1 N–H and O–H groups in total. The van der Waals surface area contributed by atoms with Crippen LogP contribution in [0.3, 0.4) is 0 Å². The van der Waals surface area contributed by atoms with E-state index in [-0.39, 0.29) is 0 Å². The van der Waals surface area contributed by atoms with Gasteiger partial charge in [-0.15, -0.1) is 0 Å². The molecule has 2 aromatic rings. The molecule has 0 atom stereocenters. The van der Waals surface area contributed by atoms with Gasteiger partial charge in [-0.3, -0.25) is 4.90 Å². The number of hydrogen-bond acceptors (Lipinski definition) is 2. The molecule has 0 saturated heterocycles. The van der Waals surface area contributed by atoms with E-state index in [1.54, 1.807) is 5.56 Å². The summed E-state index contributed by atoms with van der Waals surface area (Å²) >= 11 is 0. The van der Waals surface area contributed by atoms with Crippen LogP contribution in [-0.4, -0.2) is 29.6 Å². The van der Waals surface area contributed by atoms with Crippen molar-refractivity contribution in [2.45, 2.75) is 39.8 Å². The van der Waals surface area contributed by atoms with Crippen LogP contribution in [-0.2, 0) is 26.6 Å². The zero-order chi connectivity index (χ0) is 15.0. The Morgan fingerprint density at radius 3 is 2.57 bits per heavy atom. The summed E-state index contributed by atoms with van der Waals surface area (Å²) in [6, 6.07) is 4.89. The summed E-state index contributed by atoms with van der Waals surface area (Å²) in [6.45, 7) is 8.97. The molecule has 3 heteroatoms. The second-order valence-corrected chi connectivity index (χ2v) is 6.27. The summed E-state index contributed by atoms with van der Waals surface area (Å²) in [5, 5.41) is 4.73. The molecule has 21 heavy (non-hydrogen) atoms. The van der Waals surface area contributed by atoms with Crippen LogP contribution in [0.2, 0.25) is 0 Å². The molecule has 0 bridgehead atoms. The Hall–Kier alpha value is -1.32. The van der Waals surface area contributed by atoms with Crippen molar-refractivity contribution in [1.29, 1.82) is 0 Å². The lowest BCUT2D eigenvalue weighted by molar-refractivity contribution is 0.301. The molecule has 1 aliphatic rings. The van der Waals surface area contributed by atoms with Gasteiger partial charge in [0.15, 0.2) is 0 Å². The number of rotatable bonds is 5. The van der Waals surface area contributed by atoms with E-state index in [1.165, 1.54) is 40.6 Å². The molecule has 1 aliphatic heterocycles. The second kappa shape index (κ2) is 5.82. The molecule has 0 spiro atoms. The average Bonchev–Trinajstić information content (AvgIpc) is 2.99. The van der Waals surface area contributed by atoms with Crippen molar-refractivity contribution >= 4 is 10.9 Å². The Morgan fingerprint density at radius 1 is 1.19 bits per heavy atom. The minimum Gasteiger partial charge on any atom is -0.348 e. The summed E-state index contributed by atoms with van der Waals surface area (Å²) in [4.78, 5) is 2.51. The highest BCUT2D eigenvalue weighted by molar-refractivity contribution is 5.87. The summed E-state index contributed by atoms with van der Waals surface area (Å²) in [7, 11) is 4.24. The Balaban J connectivity index is 2.02. The van der Waals surface area contributed by atoms with Crippen LogP contribution in [0.1, 0.15) is 35.7 Å². The van der Waals surface area contributed by atoms with E-state index in [1.807, 2.05) is 7.05 Å². The predicted molar refractivity (Wildman–Crippen MR) is 89.7 cm³/mol. The zero-order valence-electron chi connectivity index (χ0n) is 13.8. The lowest BCUT2D eigenvalue weighted by Crippen LogP contribution is -2.14. The third-order valence-corrected chi connectivity index (χ3v) is 5.03. The maximum Gasteiger partial charge on any atom is 0.0486 e. The van der Waals surface area contributed by atoms with E-state index in [9.17, 15) is 0 Å². The third-order valence-electron chi connectivity index (χ3n) is 5.03. The van der Waals surface area contributed by atoms with Gasteiger partial charge in [-0.05, 0) is 68.7 Å². The molecule has 1 aromatic heterocycles. The quantitative estimate of drug-likeness (QED) is 0.852. The first kappa shape index (κ1) is 14.6. The number of nitrogens with one attached hydrogen (secondary N) is 1. The lowest BCUT2D eigenvalue weighted by atomic mass is 10.0. The fraction of sp³-hybridized carbons (Fsp3) is 0.556. The van der Waals surface area contributed by atoms with Gasteiger partial charge in [-0.2, -0.15) is 0 Å². The summed E-state index contributed by atoms with van der Waals surface area (Å²) in [6.07, 6.45) is 2.37. The van der Waals surface area contributed by atoms with E-state index < -0.39 is 0 Å². The molecule has 3 nitrogen and oxygen atoms in total. The SMILES string of the molecule is CCN1Cc2cc3c(CCCNC)c(C)n(C)c3cc2C1. The summed E-state index contributed by atoms with van der Waals surface area (Å²) < 4.78 is 2.37. The molecule has 1 aromatic carbocycles. The van der Waals surface area contributed by atoms with Crippen LogP contribution < -0.4 is 5.32 Å². The molecule has 0 aliphatic carbocycles. The van der Waals surface area contributed by atoms with Gasteiger partial charge >= 0.3 is 0 Å². The fourth-order valence-electron chi connectivity index (χ4n) is 3.59. The van der Waals surface area contributed by atoms with Gasteiger partial charge in [0.1, 0.15) is 0 Å². The number of hydrogen-bond donors (Lipinski definition) is 1. The number of nitrogens with zero attached hydrogens (tertiary/aromatic N) is 2. The maximum absolute atomic E-state index is 3.25. The third kappa shape index (κ3) is 2.49. The van der Waals surface area contributed by atoms with Crippen LogP contribution >= 0.6 is 0 Å². The molecular weight excluding hydrogens is 258 g/mol. The Bertz CT molecular complexity index is 654. The van der Waals surface area contributed by atoms with Crippen molar-refractivity contribution in [3.05, 3.63) is 34.5 Å². The van der Waals surface area contributed by atoms with Gasteiger partial charge < -0.3 is 9.88 Å². The predicted octanol–water partition coefficient (Wildman–Crippen LogP) is 2.97. The normalized spacial score (nSPS) is 15.0. The van der Waals surface area contributed by atoms with E-state index in [2.05, 4.69) is 47.8 Å². The fourth-order valence-corrected chi connectivity index (χ4v) is 3.59. The zero-order valence-corrected chi connectivity index (χ0v) is 13.8. The van der Waals surface area contributed by atoms with Gasteiger partial charge in [0.25, 0.3) is 0 Å². The van der Waals surface area contributed by atoms with Crippen molar-refractivity contribution in [3.63, 3.8) is 0 Å². The number of benzene rings is 1. The molecular formula is C18H27N3. The number of aryl methyl sites for hydroxylation is 2. The highest BCUT2D eigenvalue weighted by Crippen LogP contribution is 2.32. The van der Waals surface area contributed by atoms with Gasteiger partial charge in [0.05, 0.1) is 0 Å². The van der Waals surface area contributed by atoms with Crippen molar-refractivity contribution in [2.75, 3.05) is 20.1 Å². The van der Waals surface area contributed by atoms with Crippen LogP contribution in [0.15, 0.2) is 12.1 Å². The Morgan fingerprint density at radius 2 is 1.90 bits per heavy atom. The first-order valence-corrected chi connectivity index (χ1v) is 8.12. The van der Waals surface area contributed by atoms with E-state index in [0.717, 1.165) is 26.2 Å². The highest BCUT2D eigenvalue weighted by atomic mass is 15.1. The minimum atomic E-state index is 1.09. The van der Waals surface area contributed by atoms with Crippen molar-refractivity contribution < 1.29 is 0 Å². The highest BCUT2D eigenvalue weighted by Gasteiger charge is 2.21. The van der Waals surface area contributed by atoms with Crippen molar-refractivity contribution in [2.24, 2.45) is 7.05 Å². The smallest absolute Gasteiger partial charge is 0.0486 e. The maximum atomic E-state index is 3.25. The molecule has 3 rings (SSSR count). The molecule has 0 unspecified atom stereocenters. The topological polar surface area (TPSA) is 20.2 Å². The van der Waals surface area contributed by atoms with Crippen LogP contribution in [0.4, 0.5) is 0 Å². The van der Waals surface area contributed by atoms with Crippen molar-refractivity contribution in [1.82, 2.24) is 14.8 Å². The lowest BCUT2D eigenvalue weighted by Gasteiger charge is -2.09. The van der Waals surface area contributed by atoms with Gasteiger partial charge in [-0.1, -0.05) is 6.92 Å². The average molecular weight is 285 g/mol. The first-order valence-electron chi connectivity index (χ1n) is 8.12. The second-order valence-electron chi connectivity index (χ2n) is 6.27. The Labute approximate surface area is 127 Å². The Kier molecular flexibility index (Phi) is 4.05. The van der Waals surface area contributed by atoms with E-state index >= 15 is 0 Å². The monoisotopic (exact) mass is 285 g/mol. The van der Waals surface area contributed by atoms with Gasteiger partial charge in [-0.25, -0.2) is 0 Å². The van der Waals surface area contributed by atoms with E-state index in [4.69, 9.17) is 0 Å². The molecule has 2 heterocycles. The van der Waals surface area contributed by atoms with Crippen LogP contribution in [0, 0.1) is 6.92 Å². The minimum absolute atomic E-state index is 1.09. The molecule has 0 radical (unpaired) electrons.